The molecule has 1 aliphatic rings. The van der Waals surface area contributed by atoms with Crippen LogP contribution in [0.1, 0.15) is 25.5 Å². The number of hydrogen-bond acceptors (Lipinski definition) is 4. The van der Waals surface area contributed by atoms with Crippen LogP contribution in [0.5, 0.6) is 0 Å². The van der Waals surface area contributed by atoms with E-state index < -0.39 is 0 Å². The lowest BCUT2D eigenvalue weighted by molar-refractivity contribution is 0.0137. The summed E-state index contributed by atoms with van der Waals surface area (Å²) in [7, 11) is 0. The van der Waals surface area contributed by atoms with Crippen molar-refractivity contribution in [3.8, 4) is 10.4 Å². The number of nitrogens with one attached hydrogen (secondary N) is 1. The topological polar surface area (TPSA) is 63.9 Å². The third-order valence-corrected chi connectivity index (χ3v) is 4.20. The SMILES string of the molecule is CC1(c2[nH]nc(N)c2-c2cccs2)CCCO1. The minimum atomic E-state index is -0.274. The molecule has 1 atom stereocenters. The molecule has 0 aromatic carbocycles. The molecule has 0 saturated carbocycles. The highest BCUT2D eigenvalue weighted by molar-refractivity contribution is 7.13. The molecule has 5 heteroatoms. The third kappa shape index (κ3) is 1.66. The third-order valence-electron chi connectivity index (χ3n) is 3.31. The molecule has 3 rings (SSSR count). The first-order valence-corrected chi connectivity index (χ1v) is 6.61. The molecule has 3 heterocycles. The number of hydrogen-bond donors (Lipinski definition) is 2. The smallest absolute Gasteiger partial charge is 0.154 e. The van der Waals surface area contributed by atoms with Gasteiger partial charge in [-0.3, -0.25) is 5.10 Å². The molecule has 1 aliphatic heterocycles. The van der Waals surface area contributed by atoms with E-state index in [4.69, 9.17) is 10.5 Å². The summed E-state index contributed by atoms with van der Waals surface area (Å²) in [5.41, 5.74) is 7.71. The fraction of sp³-hybridized carbons (Fsp3) is 0.417. The summed E-state index contributed by atoms with van der Waals surface area (Å²) in [6, 6.07) is 4.09. The molecule has 4 nitrogen and oxygen atoms in total. The Morgan fingerprint density at radius 1 is 1.59 bits per heavy atom. The molecule has 1 fully saturated rings. The van der Waals surface area contributed by atoms with E-state index in [0.29, 0.717) is 5.82 Å². The second kappa shape index (κ2) is 3.85. The van der Waals surface area contributed by atoms with Crippen LogP contribution >= 0.6 is 11.3 Å². The van der Waals surface area contributed by atoms with Crippen molar-refractivity contribution in [2.45, 2.75) is 25.4 Å². The summed E-state index contributed by atoms with van der Waals surface area (Å²) in [5.74, 6) is 0.555. The summed E-state index contributed by atoms with van der Waals surface area (Å²) in [6.45, 7) is 2.91. The van der Waals surface area contributed by atoms with Gasteiger partial charge in [0.1, 0.15) is 5.60 Å². The molecule has 1 saturated heterocycles. The highest BCUT2D eigenvalue weighted by Crippen LogP contribution is 2.42. The van der Waals surface area contributed by atoms with Crippen LogP contribution in [-0.4, -0.2) is 16.8 Å². The zero-order chi connectivity index (χ0) is 11.9. The number of H-pyrrole nitrogens is 1. The standard InChI is InChI=1S/C12H15N3OS/c1-12(5-3-6-16-12)10-9(11(13)15-14-10)8-4-2-7-17-8/h2,4,7H,3,5-6H2,1H3,(H3,13,14,15). The van der Waals surface area contributed by atoms with Crippen molar-refractivity contribution >= 4 is 17.2 Å². The Bertz CT molecular complexity index is 512. The fourth-order valence-corrected chi connectivity index (χ4v) is 3.17. The lowest BCUT2D eigenvalue weighted by Crippen LogP contribution is -2.21. The van der Waals surface area contributed by atoms with Crippen molar-refractivity contribution in [1.29, 1.82) is 0 Å². The van der Waals surface area contributed by atoms with Crippen LogP contribution in [0.15, 0.2) is 17.5 Å². The number of rotatable bonds is 2. The van der Waals surface area contributed by atoms with Crippen LogP contribution in [0.4, 0.5) is 5.82 Å². The molecule has 0 bridgehead atoms. The second-order valence-corrected chi connectivity index (χ2v) is 5.47. The van der Waals surface area contributed by atoms with Crippen LogP contribution in [0.25, 0.3) is 10.4 Å². The average Bonchev–Trinajstić information content (AvgIpc) is 2.97. The van der Waals surface area contributed by atoms with E-state index >= 15 is 0 Å². The molecule has 17 heavy (non-hydrogen) atoms. The van der Waals surface area contributed by atoms with Gasteiger partial charge in [-0.2, -0.15) is 5.10 Å². The Balaban J connectivity index is 2.12. The second-order valence-electron chi connectivity index (χ2n) is 4.52. The van der Waals surface area contributed by atoms with Crippen LogP contribution in [0.3, 0.4) is 0 Å². The van der Waals surface area contributed by atoms with E-state index in [9.17, 15) is 0 Å². The van der Waals surface area contributed by atoms with Crippen molar-refractivity contribution in [1.82, 2.24) is 10.2 Å². The molecular formula is C12H15N3OS. The van der Waals surface area contributed by atoms with Gasteiger partial charge in [-0.15, -0.1) is 11.3 Å². The minimum absolute atomic E-state index is 0.274. The number of nitrogen functional groups attached to an aromatic ring is 1. The fourth-order valence-electron chi connectivity index (χ4n) is 2.39. The van der Waals surface area contributed by atoms with Gasteiger partial charge >= 0.3 is 0 Å². The predicted octanol–water partition coefficient (Wildman–Crippen LogP) is 2.75. The lowest BCUT2D eigenvalue weighted by atomic mass is 9.94. The monoisotopic (exact) mass is 249 g/mol. The Hall–Kier alpha value is -1.33. The summed E-state index contributed by atoms with van der Waals surface area (Å²) < 4.78 is 5.86. The maximum Gasteiger partial charge on any atom is 0.154 e. The first-order valence-electron chi connectivity index (χ1n) is 5.73. The van der Waals surface area contributed by atoms with E-state index in [2.05, 4.69) is 23.2 Å². The van der Waals surface area contributed by atoms with Gasteiger partial charge in [-0.25, -0.2) is 0 Å². The molecule has 0 amide bonds. The van der Waals surface area contributed by atoms with Crippen molar-refractivity contribution in [3.63, 3.8) is 0 Å². The van der Waals surface area contributed by atoms with Gasteiger partial charge in [0.2, 0.25) is 0 Å². The first-order chi connectivity index (χ1) is 8.21. The Morgan fingerprint density at radius 3 is 3.12 bits per heavy atom. The molecule has 1 unspecified atom stereocenters. The average molecular weight is 249 g/mol. The molecule has 90 valence electrons. The number of nitrogens with zero attached hydrogens (tertiary/aromatic N) is 1. The predicted molar refractivity (Wildman–Crippen MR) is 68.9 cm³/mol. The van der Waals surface area contributed by atoms with Crippen molar-refractivity contribution in [2.24, 2.45) is 0 Å². The van der Waals surface area contributed by atoms with Crippen LogP contribution in [0, 0.1) is 0 Å². The van der Waals surface area contributed by atoms with Gasteiger partial charge in [0, 0.05) is 11.5 Å². The number of anilines is 1. The summed E-state index contributed by atoms with van der Waals surface area (Å²) in [5, 5.41) is 9.24. The number of nitrogens with two attached hydrogens (primary N) is 1. The highest BCUT2D eigenvalue weighted by atomic mass is 32.1. The zero-order valence-corrected chi connectivity index (χ0v) is 10.5. The molecule has 0 aliphatic carbocycles. The molecule has 0 spiro atoms. The number of aromatic nitrogens is 2. The van der Waals surface area contributed by atoms with Crippen molar-refractivity contribution in [3.05, 3.63) is 23.2 Å². The van der Waals surface area contributed by atoms with Gasteiger partial charge in [0.15, 0.2) is 5.82 Å². The van der Waals surface area contributed by atoms with Crippen LogP contribution < -0.4 is 5.73 Å². The molecular weight excluding hydrogens is 234 g/mol. The highest BCUT2D eigenvalue weighted by Gasteiger charge is 2.36. The maximum absolute atomic E-state index is 5.97. The van der Waals surface area contributed by atoms with E-state index in [1.54, 1.807) is 11.3 Å². The molecule has 0 radical (unpaired) electrons. The van der Waals surface area contributed by atoms with E-state index in [1.807, 2.05) is 11.4 Å². The lowest BCUT2D eigenvalue weighted by Gasteiger charge is -2.22. The van der Waals surface area contributed by atoms with Gasteiger partial charge in [0.25, 0.3) is 0 Å². The Morgan fingerprint density at radius 2 is 2.47 bits per heavy atom. The summed E-state index contributed by atoms with van der Waals surface area (Å²) in [6.07, 6.45) is 2.09. The number of thiophene rings is 1. The molecule has 2 aromatic rings. The Labute approximate surface area is 104 Å². The van der Waals surface area contributed by atoms with Gasteiger partial charge in [0.05, 0.1) is 11.3 Å². The zero-order valence-electron chi connectivity index (χ0n) is 9.69. The van der Waals surface area contributed by atoms with Crippen LogP contribution in [-0.2, 0) is 10.3 Å². The van der Waals surface area contributed by atoms with Crippen LogP contribution in [0.2, 0.25) is 0 Å². The van der Waals surface area contributed by atoms with E-state index in [0.717, 1.165) is 35.6 Å². The van der Waals surface area contributed by atoms with Gasteiger partial charge in [-0.1, -0.05) is 6.07 Å². The maximum atomic E-state index is 5.97. The van der Waals surface area contributed by atoms with E-state index in [1.165, 1.54) is 0 Å². The number of aromatic amines is 1. The van der Waals surface area contributed by atoms with Crippen molar-refractivity contribution < 1.29 is 4.74 Å². The molecule has 3 N–H and O–H groups in total. The molecule has 2 aromatic heterocycles. The minimum Gasteiger partial charge on any atom is -0.382 e. The summed E-state index contributed by atoms with van der Waals surface area (Å²) >= 11 is 1.67. The van der Waals surface area contributed by atoms with E-state index in [-0.39, 0.29) is 5.60 Å². The first kappa shape index (κ1) is 10.8. The Kier molecular flexibility index (Phi) is 2.45. The quantitative estimate of drug-likeness (QED) is 0.860. The largest absolute Gasteiger partial charge is 0.382 e. The summed E-state index contributed by atoms with van der Waals surface area (Å²) in [4.78, 5) is 1.14. The van der Waals surface area contributed by atoms with Gasteiger partial charge < -0.3 is 10.5 Å². The van der Waals surface area contributed by atoms with Gasteiger partial charge in [-0.05, 0) is 31.2 Å². The number of ether oxygens (including phenoxy) is 1. The van der Waals surface area contributed by atoms with Crippen molar-refractivity contribution in [2.75, 3.05) is 12.3 Å². The normalized spacial score (nSPS) is 24.3.